The van der Waals surface area contributed by atoms with E-state index in [1.54, 1.807) is 35.2 Å². The molecule has 1 aromatic heterocycles. The van der Waals surface area contributed by atoms with E-state index in [2.05, 4.69) is 5.32 Å². The van der Waals surface area contributed by atoms with E-state index in [0.29, 0.717) is 23.9 Å². The van der Waals surface area contributed by atoms with Crippen LogP contribution in [0.3, 0.4) is 0 Å². The van der Waals surface area contributed by atoms with E-state index in [1.165, 1.54) is 12.3 Å². The molecule has 1 N–H and O–H groups in total. The van der Waals surface area contributed by atoms with E-state index < -0.39 is 0 Å². The molecular weight excluding hydrogens is 340 g/mol. The van der Waals surface area contributed by atoms with Gasteiger partial charge in [0.1, 0.15) is 0 Å². The van der Waals surface area contributed by atoms with Crippen molar-refractivity contribution >= 4 is 29.5 Å². The Morgan fingerprint density at radius 2 is 1.88 bits per heavy atom. The fourth-order valence-electron chi connectivity index (χ4n) is 2.78. The number of amides is 2. The van der Waals surface area contributed by atoms with E-state index in [4.69, 9.17) is 16.0 Å². The highest BCUT2D eigenvalue weighted by Gasteiger charge is 2.25. The van der Waals surface area contributed by atoms with Crippen molar-refractivity contribution in [2.24, 2.45) is 0 Å². The average molecular weight is 359 g/mol. The van der Waals surface area contributed by atoms with Crippen molar-refractivity contribution in [2.45, 2.75) is 18.9 Å². The summed E-state index contributed by atoms with van der Waals surface area (Å²) < 4.78 is 5.14. The summed E-state index contributed by atoms with van der Waals surface area (Å²) in [6, 6.07) is 10.7. The molecule has 1 aromatic carbocycles. The lowest BCUT2D eigenvalue weighted by Gasteiger charge is -2.31. The Bertz CT molecular complexity index is 745. The van der Waals surface area contributed by atoms with Crippen molar-refractivity contribution in [3.63, 3.8) is 0 Å². The second-order valence-electron chi connectivity index (χ2n) is 5.94. The van der Waals surface area contributed by atoms with Gasteiger partial charge in [0.25, 0.3) is 5.91 Å². The van der Waals surface area contributed by atoms with Gasteiger partial charge in [-0.25, -0.2) is 0 Å². The number of likely N-dealkylation sites (tertiary alicyclic amines) is 1. The summed E-state index contributed by atoms with van der Waals surface area (Å²) in [7, 11) is 0. The largest absolute Gasteiger partial charge is 0.459 e. The third-order valence-electron chi connectivity index (χ3n) is 4.16. The van der Waals surface area contributed by atoms with Crippen LogP contribution >= 0.6 is 11.6 Å². The summed E-state index contributed by atoms with van der Waals surface area (Å²) in [6.07, 6.45) is 6.22. The van der Waals surface area contributed by atoms with Crippen LogP contribution in [0.2, 0.25) is 5.02 Å². The molecule has 25 heavy (non-hydrogen) atoms. The van der Waals surface area contributed by atoms with Gasteiger partial charge in [-0.1, -0.05) is 23.7 Å². The van der Waals surface area contributed by atoms with E-state index >= 15 is 0 Å². The van der Waals surface area contributed by atoms with E-state index in [1.807, 2.05) is 12.1 Å². The zero-order chi connectivity index (χ0) is 17.6. The molecule has 6 heteroatoms. The molecule has 0 bridgehead atoms. The zero-order valence-corrected chi connectivity index (χ0v) is 14.4. The minimum Gasteiger partial charge on any atom is -0.459 e. The Hall–Kier alpha value is -2.53. The number of nitrogens with zero attached hydrogens (tertiary/aromatic N) is 1. The molecule has 2 aromatic rings. The van der Waals surface area contributed by atoms with Gasteiger partial charge in [-0.2, -0.15) is 0 Å². The molecule has 0 unspecified atom stereocenters. The van der Waals surface area contributed by atoms with Crippen molar-refractivity contribution in [3.8, 4) is 0 Å². The minimum absolute atomic E-state index is 0.0722. The fourth-order valence-corrected chi connectivity index (χ4v) is 2.90. The number of rotatable bonds is 4. The number of piperidine rings is 1. The lowest BCUT2D eigenvalue weighted by molar-refractivity contribution is -0.117. The summed E-state index contributed by atoms with van der Waals surface area (Å²) in [6.45, 7) is 1.21. The first-order valence-corrected chi connectivity index (χ1v) is 8.56. The van der Waals surface area contributed by atoms with Gasteiger partial charge in [0.15, 0.2) is 5.76 Å². The monoisotopic (exact) mass is 358 g/mol. The summed E-state index contributed by atoms with van der Waals surface area (Å²) in [4.78, 5) is 26.0. The third kappa shape index (κ3) is 4.73. The highest BCUT2D eigenvalue weighted by atomic mass is 35.5. The highest BCUT2D eigenvalue weighted by Crippen LogP contribution is 2.15. The normalized spacial score (nSPS) is 15.5. The SMILES string of the molecule is O=C(/C=C/c1ccc(Cl)cc1)NC1CCN(C(=O)c2ccco2)CC1. The van der Waals surface area contributed by atoms with E-state index in [9.17, 15) is 9.59 Å². The van der Waals surface area contributed by atoms with Crippen LogP contribution in [-0.4, -0.2) is 35.8 Å². The van der Waals surface area contributed by atoms with Gasteiger partial charge >= 0.3 is 0 Å². The molecule has 2 heterocycles. The Labute approximate surface area is 151 Å². The summed E-state index contributed by atoms with van der Waals surface area (Å²) in [5, 5.41) is 3.65. The number of halogens is 1. The van der Waals surface area contributed by atoms with Crippen LogP contribution < -0.4 is 5.32 Å². The van der Waals surface area contributed by atoms with Gasteiger partial charge in [-0.15, -0.1) is 0 Å². The third-order valence-corrected chi connectivity index (χ3v) is 4.41. The zero-order valence-electron chi connectivity index (χ0n) is 13.7. The minimum atomic E-state index is -0.134. The quantitative estimate of drug-likeness (QED) is 0.852. The summed E-state index contributed by atoms with van der Waals surface area (Å²) >= 11 is 5.83. The lowest BCUT2D eigenvalue weighted by Crippen LogP contribution is -2.46. The number of carbonyl (C=O) groups is 2. The van der Waals surface area contributed by atoms with E-state index in [-0.39, 0.29) is 17.9 Å². The molecule has 0 aliphatic carbocycles. The highest BCUT2D eigenvalue weighted by molar-refractivity contribution is 6.30. The maximum Gasteiger partial charge on any atom is 0.289 e. The van der Waals surface area contributed by atoms with Crippen molar-refractivity contribution < 1.29 is 14.0 Å². The molecule has 0 spiro atoms. The van der Waals surface area contributed by atoms with Crippen molar-refractivity contribution in [1.29, 1.82) is 0 Å². The summed E-state index contributed by atoms with van der Waals surface area (Å²) in [5.41, 5.74) is 0.915. The Morgan fingerprint density at radius 1 is 1.16 bits per heavy atom. The van der Waals surface area contributed by atoms with Crippen LogP contribution in [0.15, 0.2) is 53.2 Å². The van der Waals surface area contributed by atoms with Crippen molar-refractivity contribution in [3.05, 3.63) is 65.1 Å². The first-order valence-electron chi connectivity index (χ1n) is 8.19. The fraction of sp³-hybridized carbons (Fsp3) is 0.263. The molecule has 1 saturated heterocycles. The predicted octanol–water partition coefficient (Wildman–Crippen LogP) is 3.37. The van der Waals surface area contributed by atoms with Crippen LogP contribution in [0.4, 0.5) is 0 Å². The molecule has 5 nitrogen and oxygen atoms in total. The van der Waals surface area contributed by atoms with Crippen LogP contribution in [0.5, 0.6) is 0 Å². The molecule has 2 amide bonds. The van der Waals surface area contributed by atoms with Crippen LogP contribution in [-0.2, 0) is 4.79 Å². The molecule has 0 atom stereocenters. The van der Waals surface area contributed by atoms with Gasteiger partial charge in [-0.3, -0.25) is 9.59 Å². The molecule has 0 saturated carbocycles. The standard InChI is InChI=1S/C19H19ClN2O3/c20-15-6-3-14(4-7-15)5-8-18(23)21-16-9-11-22(12-10-16)19(24)17-2-1-13-25-17/h1-8,13,16H,9-12H2,(H,21,23)/b8-5+. The first-order chi connectivity index (χ1) is 12.1. The maximum atomic E-state index is 12.2. The Balaban J connectivity index is 1.46. The number of hydrogen-bond acceptors (Lipinski definition) is 3. The molecular formula is C19H19ClN2O3. The molecule has 1 aliphatic heterocycles. The molecule has 130 valence electrons. The van der Waals surface area contributed by atoms with E-state index in [0.717, 1.165) is 18.4 Å². The number of hydrogen-bond donors (Lipinski definition) is 1. The van der Waals surface area contributed by atoms with Gasteiger partial charge in [-0.05, 0) is 48.7 Å². The van der Waals surface area contributed by atoms with Gasteiger partial charge in [0.05, 0.1) is 6.26 Å². The number of furan rings is 1. The number of carbonyl (C=O) groups excluding carboxylic acids is 2. The predicted molar refractivity (Wildman–Crippen MR) is 96.3 cm³/mol. The van der Waals surface area contributed by atoms with Crippen molar-refractivity contribution in [2.75, 3.05) is 13.1 Å². The Kier molecular flexibility index (Phi) is 5.56. The summed E-state index contributed by atoms with van der Waals surface area (Å²) in [5.74, 6) is 0.122. The molecule has 3 rings (SSSR count). The second kappa shape index (κ2) is 8.03. The average Bonchev–Trinajstić information content (AvgIpc) is 3.16. The number of nitrogens with one attached hydrogen (secondary N) is 1. The smallest absolute Gasteiger partial charge is 0.289 e. The van der Waals surface area contributed by atoms with Crippen LogP contribution in [0.1, 0.15) is 29.0 Å². The topological polar surface area (TPSA) is 62.6 Å². The molecule has 1 fully saturated rings. The Morgan fingerprint density at radius 3 is 2.52 bits per heavy atom. The van der Waals surface area contributed by atoms with Crippen LogP contribution in [0, 0.1) is 0 Å². The lowest BCUT2D eigenvalue weighted by atomic mass is 10.0. The van der Waals surface area contributed by atoms with Gasteiger partial charge in [0.2, 0.25) is 5.91 Å². The first kappa shape index (κ1) is 17.3. The second-order valence-corrected chi connectivity index (χ2v) is 6.37. The van der Waals surface area contributed by atoms with Gasteiger partial charge < -0.3 is 14.6 Å². The molecule has 0 radical (unpaired) electrons. The number of benzene rings is 1. The van der Waals surface area contributed by atoms with Gasteiger partial charge in [0, 0.05) is 30.2 Å². The molecule has 1 aliphatic rings. The van der Waals surface area contributed by atoms with Crippen molar-refractivity contribution in [1.82, 2.24) is 10.2 Å². The van der Waals surface area contributed by atoms with Crippen LogP contribution in [0.25, 0.3) is 6.08 Å². The maximum absolute atomic E-state index is 12.2.